The molecule has 0 amide bonds. The van der Waals surface area contributed by atoms with Crippen molar-refractivity contribution in [3.63, 3.8) is 0 Å². The van der Waals surface area contributed by atoms with Gasteiger partial charge in [-0.05, 0) is 54.1 Å². The number of pyridine rings is 1. The number of halogens is 1. The SMILES string of the molecule is Cc1n[nH]c(C(=O)[C@H]2NC2c2cnc3[nH]c(I)cc3c2)c1C. The molecule has 1 unspecified atom stereocenters. The number of Topliss-reactive ketones (excluding diaryl/α,β-unsaturated/α-hetero) is 1. The van der Waals surface area contributed by atoms with Crippen LogP contribution in [0.3, 0.4) is 0 Å². The van der Waals surface area contributed by atoms with Gasteiger partial charge in [-0.25, -0.2) is 4.98 Å². The van der Waals surface area contributed by atoms with Gasteiger partial charge in [0.05, 0.1) is 21.5 Å². The highest BCUT2D eigenvalue weighted by molar-refractivity contribution is 14.1. The Morgan fingerprint density at radius 1 is 1.32 bits per heavy atom. The van der Waals surface area contributed by atoms with Gasteiger partial charge in [0.15, 0.2) is 5.78 Å². The highest BCUT2D eigenvalue weighted by atomic mass is 127. The van der Waals surface area contributed by atoms with Gasteiger partial charge in [0, 0.05) is 17.1 Å². The lowest BCUT2D eigenvalue weighted by Gasteiger charge is -1.99. The standard InChI is InChI=1S/C15H14IN5O/c1-6-7(2)20-21-11(6)14(22)13-12(19-13)9-3-8-4-10(16)18-15(8)17-5-9/h3-5,12-13,19H,1-2H3,(H,17,18)(H,20,21)/t12?,13-/m0/s1. The van der Waals surface area contributed by atoms with Crippen molar-refractivity contribution in [3.05, 3.63) is 44.5 Å². The predicted octanol–water partition coefficient (Wildman–Crippen LogP) is 2.40. The van der Waals surface area contributed by atoms with E-state index in [9.17, 15) is 4.79 Å². The summed E-state index contributed by atoms with van der Waals surface area (Å²) in [5, 5.41) is 11.2. The topological polar surface area (TPSA) is 96.4 Å². The quantitative estimate of drug-likeness (QED) is 0.353. The van der Waals surface area contributed by atoms with E-state index in [1.165, 1.54) is 0 Å². The van der Waals surface area contributed by atoms with Crippen molar-refractivity contribution < 1.29 is 4.79 Å². The normalized spacial score (nSPS) is 20.5. The van der Waals surface area contributed by atoms with Gasteiger partial charge < -0.3 is 4.98 Å². The van der Waals surface area contributed by atoms with Gasteiger partial charge in [-0.2, -0.15) is 5.10 Å². The summed E-state index contributed by atoms with van der Waals surface area (Å²) in [7, 11) is 0. The Labute approximate surface area is 140 Å². The van der Waals surface area contributed by atoms with Crippen molar-refractivity contribution in [2.45, 2.75) is 25.9 Å². The van der Waals surface area contributed by atoms with E-state index in [1.807, 2.05) is 26.1 Å². The zero-order valence-corrected chi connectivity index (χ0v) is 14.2. The molecule has 3 aromatic rings. The first-order chi connectivity index (χ1) is 10.5. The molecular weight excluding hydrogens is 393 g/mol. The van der Waals surface area contributed by atoms with E-state index < -0.39 is 0 Å². The van der Waals surface area contributed by atoms with Crippen LogP contribution in [0, 0.1) is 17.5 Å². The van der Waals surface area contributed by atoms with Crippen LogP contribution in [-0.2, 0) is 0 Å². The number of aromatic amines is 2. The van der Waals surface area contributed by atoms with Crippen molar-refractivity contribution >= 4 is 39.4 Å². The minimum atomic E-state index is -0.198. The lowest BCUT2D eigenvalue weighted by molar-refractivity contribution is 0.0982. The first kappa shape index (κ1) is 13.9. The number of fused-ring (bicyclic) bond motifs is 1. The number of nitrogens with one attached hydrogen (secondary N) is 3. The molecule has 1 fully saturated rings. The zero-order valence-electron chi connectivity index (χ0n) is 12.1. The Bertz CT molecular complexity index is 897. The van der Waals surface area contributed by atoms with E-state index in [2.05, 4.69) is 54.1 Å². The number of rotatable bonds is 3. The highest BCUT2D eigenvalue weighted by Crippen LogP contribution is 2.33. The molecule has 0 radical (unpaired) electrons. The Kier molecular flexibility index (Phi) is 3.08. The third-order valence-electron chi connectivity index (χ3n) is 4.18. The van der Waals surface area contributed by atoms with E-state index in [0.29, 0.717) is 5.69 Å². The number of nitrogens with zero attached hydrogens (tertiary/aromatic N) is 2. The maximum Gasteiger partial charge on any atom is 0.199 e. The van der Waals surface area contributed by atoms with Gasteiger partial charge >= 0.3 is 0 Å². The van der Waals surface area contributed by atoms with Crippen LogP contribution in [0.5, 0.6) is 0 Å². The fourth-order valence-corrected chi connectivity index (χ4v) is 3.30. The minimum Gasteiger partial charge on any atom is -0.335 e. The molecule has 3 N–H and O–H groups in total. The Hall–Kier alpha value is -1.74. The van der Waals surface area contributed by atoms with E-state index >= 15 is 0 Å². The number of ketones is 1. The van der Waals surface area contributed by atoms with Gasteiger partial charge in [0.25, 0.3) is 0 Å². The molecule has 1 aliphatic rings. The first-order valence-corrected chi connectivity index (χ1v) is 8.08. The molecule has 4 rings (SSSR count). The number of aromatic nitrogens is 4. The second-order valence-electron chi connectivity index (χ2n) is 5.62. The molecule has 0 aromatic carbocycles. The summed E-state index contributed by atoms with van der Waals surface area (Å²) in [5.74, 6) is 0.0619. The van der Waals surface area contributed by atoms with Crippen LogP contribution < -0.4 is 5.32 Å². The van der Waals surface area contributed by atoms with Gasteiger partial charge in [-0.3, -0.25) is 15.2 Å². The third-order valence-corrected chi connectivity index (χ3v) is 4.76. The molecule has 0 bridgehead atoms. The number of hydrogen-bond acceptors (Lipinski definition) is 4. The average molecular weight is 407 g/mol. The van der Waals surface area contributed by atoms with Crippen LogP contribution in [0.25, 0.3) is 11.0 Å². The molecule has 6 nitrogen and oxygen atoms in total. The second kappa shape index (κ2) is 4.88. The van der Waals surface area contributed by atoms with Crippen molar-refractivity contribution in [2.75, 3.05) is 0 Å². The largest absolute Gasteiger partial charge is 0.335 e. The molecule has 1 saturated heterocycles. The van der Waals surface area contributed by atoms with E-state index in [1.54, 1.807) is 0 Å². The van der Waals surface area contributed by atoms with Crippen molar-refractivity contribution in [2.24, 2.45) is 0 Å². The molecule has 7 heteroatoms. The highest BCUT2D eigenvalue weighted by Gasteiger charge is 2.44. The number of carbonyl (C=O) groups is 1. The minimum absolute atomic E-state index is 0.0277. The molecule has 0 spiro atoms. The number of carbonyl (C=O) groups excluding carboxylic acids is 1. The summed E-state index contributed by atoms with van der Waals surface area (Å²) in [4.78, 5) is 20.1. The molecule has 0 saturated carbocycles. The summed E-state index contributed by atoms with van der Waals surface area (Å²) in [5.41, 5.74) is 4.30. The number of aryl methyl sites for hydroxylation is 1. The lowest BCUT2D eigenvalue weighted by atomic mass is 10.0. The smallest absolute Gasteiger partial charge is 0.199 e. The summed E-state index contributed by atoms with van der Waals surface area (Å²) < 4.78 is 1.05. The van der Waals surface area contributed by atoms with Crippen LogP contribution in [0.2, 0.25) is 0 Å². The maximum absolute atomic E-state index is 12.5. The monoisotopic (exact) mass is 407 g/mol. The Balaban J connectivity index is 1.60. The van der Waals surface area contributed by atoms with Gasteiger partial charge in [0.2, 0.25) is 0 Å². The molecule has 2 atom stereocenters. The second-order valence-corrected chi connectivity index (χ2v) is 6.78. The number of hydrogen-bond donors (Lipinski definition) is 3. The van der Waals surface area contributed by atoms with Crippen LogP contribution in [0.15, 0.2) is 18.3 Å². The molecular formula is C15H14IN5O. The predicted molar refractivity (Wildman–Crippen MR) is 90.9 cm³/mol. The van der Waals surface area contributed by atoms with Crippen molar-refractivity contribution in [1.29, 1.82) is 0 Å². The molecule has 22 heavy (non-hydrogen) atoms. The first-order valence-electron chi connectivity index (χ1n) is 7.00. The summed E-state index contributed by atoms with van der Waals surface area (Å²) in [6, 6.07) is 3.96. The van der Waals surface area contributed by atoms with Crippen LogP contribution in [0.1, 0.15) is 33.4 Å². The Morgan fingerprint density at radius 2 is 2.14 bits per heavy atom. The van der Waals surface area contributed by atoms with E-state index in [4.69, 9.17) is 0 Å². The van der Waals surface area contributed by atoms with Crippen LogP contribution >= 0.6 is 22.6 Å². The van der Waals surface area contributed by atoms with Crippen LogP contribution in [0.4, 0.5) is 0 Å². The Morgan fingerprint density at radius 3 is 2.86 bits per heavy atom. The van der Waals surface area contributed by atoms with Gasteiger partial charge in [-0.1, -0.05) is 0 Å². The number of H-pyrrole nitrogens is 2. The van der Waals surface area contributed by atoms with Crippen LogP contribution in [-0.4, -0.2) is 32.0 Å². The molecule has 112 valence electrons. The fourth-order valence-electron chi connectivity index (χ4n) is 2.71. The van der Waals surface area contributed by atoms with Crippen molar-refractivity contribution in [1.82, 2.24) is 25.5 Å². The fraction of sp³-hybridized carbons (Fsp3) is 0.267. The molecule has 4 heterocycles. The average Bonchev–Trinajstić information content (AvgIpc) is 3.11. The summed E-state index contributed by atoms with van der Waals surface area (Å²) in [6.07, 6.45) is 1.82. The zero-order chi connectivity index (χ0) is 15.4. The summed E-state index contributed by atoms with van der Waals surface area (Å²) in [6.45, 7) is 3.81. The molecule has 1 aliphatic heterocycles. The molecule has 0 aliphatic carbocycles. The molecule has 3 aromatic heterocycles. The third kappa shape index (κ3) is 2.15. The lowest BCUT2D eigenvalue weighted by Crippen LogP contribution is -2.12. The van der Waals surface area contributed by atoms with E-state index in [0.717, 1.165) is 31.6 Å². The summed E-state index contributed by atoms with van der Waals surface area (Å²) >= 11 is 2.23. The van der Waals surface area contributed by atoms with E-state index in [-0.39, 0.29) is 17.9 Å². The maximum atomic E-state index is 12.5. The van der Waals surface area contributed by atoms with Gasteiger partial charge in [0.1, 0.15) is 11.3 Å². The van der Waals surface area contributed by atoms with Gasteiger partial charge in [-0.15, -0.1) is 0 Å². The van der Waals surface area contributed by atoms with Crippen molar-refractivity contribution in [3.8, 4) is 0 Å².